The first-order chi connectivity index (χ1) is 8.54. The molecule has 1 aliphatic rings. The van der Waals surface area contributed by atoms with Crippen LogP contribution in [0, 0.1) is 0 Å². The summed E-state index contributed by atoms with van der Waals surface area (Å²) in [5, 5.41) is 0. The predicted molar refractivity (Wildman–Crippen MR) is 74.0 cm³/mol. The molecule has 0 fully saturated rings. The molecule has 1 aromatic rings. The number of Topliss-reactive ketones (excluding diaryl/α,β-unsaturated/α-hetero) is 1. The quantitative estimate of drug-likeness (QED) is 0.748. The van der Waals surface area contributed by atoms with Gasteiger partial charge in [0, 0.05) is 5.56 Å². The Hall–Kier alpha value is -1.83. The van der Waals surface area contributed by atoms with E-state index in [2.05, 4.69) is 19.9 Å². The molecule has 94 valence electrons. The van der Waals surface area contributed by atoms with Crippen LogP contribution in [0.1, 0.15) is 43.1 Å². The molecule has 2 rings (SSSR count). The van der Waals surface area contributed by atoms with Crippen molar-refractivity contribution >= 4 is 11.4 Å². The van der Waals surface area contributed by atoms with E-state index in [0.717, 1.165) is 23.3 Å². The van der Waals surface area contributed by atoms with Crippen LogP contribution < -0.4 is 4.74 Å². The maximum atomic E-state index is 11.8. The third-order valence-corrected chi connectivity index (χ3v) is 3.59. The molecule has 0 radical (unpaired) electrons. The van der Waals surface area contributed by atoms with E-state index in [1.807, 2.05) is 18.2 Å². The molecule has 2 heteroatoms. The fourth-order valence-electron chi connectivity index (χ4n) is 2.32. The Morgan fingerprint density at radius 1 is 1.28 bits per heavy atom. The summed E-state index contributed by atoms with van der Waals surface area (Å²) in [4.78, 5) is 11.8. The molecule has 1 aromatic carbocycles. The lowest BCUT2D eigenvalue weighted by molar-refractivity contribution is 0.101. The number of carbonyl (C=O) groups excluding carboxylic acids is 1. The summed E-state index contributed by atoms with van der Waals surface area (Å²) in [5.74, 6) is 0.804. The standard InChI is InChI=1S/C16H18O2/c1-10-5-7-14(11(10)2)15-8-6-13(18-4)9-16(15)12(3)17/h5-6,8-9H,7H2,1-4H3. The van der Waals surface area contributed by atoms with Crippen molar-refractivity contribution < 1.29 is 9.53 Å². The molecule has 0 atom stereocenters. The average molecular weight is 242 g/mol. The van der Waals surface area contributed by atoms with Gasteiger partial charge < -0.3 is 4.74 Å². The molecule has 0 saturated carbocycles. The Morgan fingerprint density at radius 3 is 2.50 bits per heavy atom. The number of benzene rings is 1. The molecule has 0 bridgehead atoms. The van der Waals surface area contributed by atoms with Crippen molar-refractivity contribution in [3.05, 3.63) is 46.5 Å². The molecule has 0 saturated heterocycles. The average Bonchev–Trinajstić information content (AvgIpc) is 2.69. The number of ether oxygens (including phenoxy) is 1. The van der Waals surface area contributed by atoms with Gasteiger partial charge in [-0.1, -0.05) is 17.7 Å². The lowest BCUT2D eigenvalue weighted by Gasteiger charge is -2.12. The van der Waals surface area contributed by atoms with Crippen molar-refractivity contribution in [1.82, 2.24) is 0 Å². The molecule has 0 spiro atoms. The van der Waals surface area contributed by atoms with E-state index in [4.69, 9.17) is 4.74 Å². The van der Waals surface area contributed by atoms with Gasteiger partial charge in [0.1, 0.15) is 5.75 Å². The summed E-state index contributed by atoms with van der Waals surface area (Å²) < 4.78 is 5.19. The van der Waals surface area contributed by atoms with Gasteiger partial charge in [-0.15, -0.1) is 0 Å². The highest BCUT2D eigenvalue weighted by molar-refractivity contribution is 6.00. The van der Waals surface area contributed by atoms with Crippen LogP contribution in [0.15, 0.2) is 35.4 Å². The van der Waals surface area contributed by atoms with E-state index in [-0.39, 0.29) is 5.78 Å². The van der Waals surface area contributed by atoms with E-state index in [1.165, 1.54) is 16.7 Å². The maximum Gasteiger partial charge on any atom is 0.160 e. The highest BCUT2D eigenvalue weighted by Gasteiger charge is 2.17. The summed E-state index contributed by atoms with van der Waals surface area (Å²) in [6.07, 6.45) is 3.11. The van der Waals surface area contributed by atoms with Gasteiger partial charge >= 0.3 is 0 Å². The molecular weight excluding hydrogens is 224 g/mol. The number of hydrogen-bond donors (Lipinski definition) is 0. The SMILES string of the molecule is COc1ccc(C2=C(C)C(C)=CC2)c(C(C)=O)c1. The topological polar surface area (TPSA) is 26.3 Å². The van der Waals surface area contributed by atoms with E-state index in [9.17, 15) is 4.79 Å². The lowest BCUT2D eigenvalue weighted by atomic mass is 9.94. The maximum absolute atomic E-state index is 11.8. The number of carbonyl (C=O) groups is 1. The first-order valence-corrected chi connectivity index (χ1v) is 6.11. The van der Waals surface area contributed by atoms with Crippen molar-refractivity contribution in [2.75, 3.05) is 7.11 Å². The van der Waals surface area contributed by atoms with Gasteiger partial charge in [-0.2, -0.15) is 0 Å². The number of ketones is 1. The van der Waals surface area contributed by atoms with Crippen molar-refractivity contribution in [3.8, 4) is 5.75 Å². The highest BCUT2D eigenvalue weighted by atomic mass is 16.5. The lowest BCUT2D eigenvalue weighted by Crippen LogP contribution is -2.00. The predicted octanol–water partition coefficient (Wildman–Crippen LogP) is 4.02. The molecule has 0 amide bonds. The van der Waals surface area contributed by atoms with Crippen LogP contribution in [-0.2, 0) is 0 Å². The normalized spacial score (nSPS) is 14.8. The van der Waals surface area contributed by atoms with Crippen LogP contribution in [0.2, 0.25) is 0 Å². The molecular formula is C16H18O2. The number of rotatable bonds is 3. The second-order valence-electron chi connectivity index (χ2n) is 4.66. The van der Waals surface area contributed by atoms with Crippen molar-refractivity contribution in [1.29, 1.82) is 0 Å². The minimum absolute atomic E-state index is 0.0775. The zero-order valence-electron chi connectivity index (χ0n) is 11.3. The summed E-state index contributed by atoms with van der Waals surface area (Å²) in [7, 11) is 1.62. The van der Waals surface area contributed by atoms with Crippen molar-refractivity contribution in [2.24, 2.45) is 0 Å². The fourth-order valence-corrected chi connectivity index (χ4v) is 2.32. The molecule has 18 heavy (non-hydrogen) atoms. The zero-order chi connectivity index (χ0) is 13.3. The van der Waals surface area contributed by atoms with Crippen LogP contribution in [0.3, 0.4) is 0 Å². The second kappa shape index (κ2) is 4.81. The Morgan fingerprint density at radius 2 is 2.00 bits per heavy atom. The monoisotopic (exact) mass is 242 g/mol. The molecule has 0 heterocycles. The van der Waals surface area contributed by atoms with E-state index < -0.39 is 0 Å². The van der Waals surface area contributed by atoms with Crippen molar-refractivity contribution in [3.63, 3.8) is 0 Å². The molecule has 0 N–H and O–H groups in total. The minimum Gasteiger partial charge on any atom is -0.497 e. The first kappa shape index (κ1) is 12.6. The van der Waals surface area contributed by atoms with Gasteiger partial charge in [-0.3, -0.25) is 4.79 Å². The molecule has 0 aromatic heterocycles. The van der Waals surface area contributed by atoms with Crippen LogP contribution in [0.25, 0.3) is 5.57 Å². The largest absolute Gasteiger partial charge is 0.497 e. The second-order valence-corrected chi connectivity index (χ2v) is 4.66. The third kappa shape index (κ3) is 2.10. The summed E-state index contributed by atoms with van der Waals surface area (Å²) in [6.45, 7) is 5.82. The Kier molecular flexibility index (Phi) is 3.37. The van der Waals surface area contributed by atoms with Crippen LogP contribution >= 0.6 is 0 Å². The first-order valence-electron chi connectivity index (χ1n) is 6.11. The van der Waals surface area contributed by atoms with E-state index >= 15 is 0 Å². The van der Waals surface area contributed by atoms with Gasteiger partial charge in [0.2, 0.25) is 0 Å². The Bertz CT molecular complexity index is 562. The van der Waals surface area contributed by atoms with Crippen molar-refractivity contribution in [2.45, 2.75) is 27.2 Å². The summed E-state index contributed by atoms with van der Waals surface area (Å²) in [5.41, 5.74) is 5.61. The fraction of sp³-hybridized carbons (Fsp3) is 0.312. The zero-order valence-corrected chi connectivity index (χ0v) is 11.3. The summed E-state index contributed by atoms with van der Waals surface area (Å²) in [6, 6.07) is 5.72. The third-order valence-electron chi connectivity index (χ3n) is 3.59. The van der Waals surface area contributed by atoms with Crippen LogP contribution in [0.4, 0.5) is 0 Å². The van der Waals surface area contributed by atoms with E-state index in [0.29, 0.717) is 0 Å². The van der Waals surface area contributed by atoms with Gasteiger partial charge in [0.05, 0.1) is 7.11 Å². The van der Waals surface area contributed by atoms with Crippen LogP contribution in [0.5, 0.6) is 5.75 Å². The van der Waals surface area contributed by atoms with Crippen LogP contribution in [-0.4, -0.2) is 12.9 Å². The summed E-state index contributed by atoms with van der Waals surface area (Å²) >= 11 is 0. The number of hydrogen-bond acceptors (Lipinski definition) is 2. The molecule has 2 nitrogen and oxygen atoms in total. The smallest absolute Gasteiger partial charge is 0.160 e. The molecule has 1 aliphatic carbocycles. The van der Waals surface area contributed by atoms with Gasteiger partial charge in [0.15, 0.2) is 5.78 Å². The van der Waals surface area contributed by atoms with Gasteiger partial charge in [0.25, 0.3) is 0 Å². The Balaban J connectivity index is 2.56. The van der Waals surface area contributed by atoms with Gasteiger partial charge in [-0.05, 0) is 56.0 Å². The highest BCUT2D eigenvalue weighted by Crippen LogP contribution is 2.35. The number of allylic oxidation sites excluding steroid dienone is 4. The Labute approximate surface area is 108 Å². The molecule has 0 aliphatic heterocycles. The minimum atomic E-state index is 0.0775. The molecule has 0 unspecified atom stereocenters. The van der Waals surface area contributed by atoms with E-state index in [1.54, 1.807) is 14.0 Å². The van der Waals surface area contributed by atoms with Gasteiger partial charge in [-0.25, -0.2) is 0 Å². The number of methoxy groups -OCH3 is 1.